The van der Waals surface area contributed by atoms with Gasteiger partial charge >= 0.3 is 6.18 Å². The summed E-state index contributed by atoms with van der Waals surface area (Å²) in [5.74, 6) is 0. The molecule has 0 fully saturated rings. The van der Waals surface area contributed by atoms with Gasteiger partial charge in [-0.1, -0.05) is 53.8 Å². The van der Waals surface area contributed by atoms with Crippen molar-refractivity contribution in [3.63, 3.8) is 0 Å². The van der Waals surface area contributed by atoms with E-state index in [9.17, 15) is 13.2 Å². The highest BCUT2D eigenvalue weighted by atomic mass is 32.1. The van der Waals surface area contributed by atoms with Crippen molar-refractivity contribution in [2.24, 2.45) is 0 Å². The second-order valence-corrected chi connectivity index (χ2v) is 6.71. The van der Waals surface area contributed by atoms with Gasteiger partial charge in [0.05, 0.1) is 16.1 Å². The summed E-state index contributed by atoms with van der Waals surface area (Å²) in [7, 11) is 0. The number of hydrogen-bond acceptors (Lipinski definition) is 2. The zero-order valence-corrected chi connectivity index (χ0v) is 14.0. The molecular weight excluding hydrogens is 345 g/mol. The van der Waals surface area contributed by atoms with Gasteiger partial charge in [0.1, 0.15) is 0 Å². The van der Waals surface area contributed by atoms with Gasteiger partial charge < -0.3 is 0 Å². The summed E-state index contributed by atoms with van der Waals surface area (Å²) in [5, 5.41) is 0. The van der Waals surface area contributed by atoms with Crippen molar-refractivity contribution in [3.8, 4) is 21.7 Å². The Balaban J connectivity index is 1.74. The van der Waals surface area contributed by atoms with Crippen LogP contribution in [0.25, 0.3) is 26.7 Å². The predicted molar refractivity (Wildman–Crippen MR) is 93.7 cm³/mol. The molecule has 0 bridgehead atoms. The number of rotatable bonds is 2. The van der Waals surface area contributed by atoms with Gasteiger partial charge in [-0.05, 0) is 24.6 Å². The SMILES string of the molecule is Cc1c(-c2ccc(C(F)(F)F)cc2)sc2nc(-c3ccccc3)cn12. The van der Waals surface area contributed by atoms with Gasteiger partial charge in [-0.25, -0.2) is 4.98 Å². The molecule has 4 aromatic rings. The fourth-order valence-corrected chi connectivity index (χ4v) is 3.89. The van der Waals surface area contributed by atoms with Gasteiger partial charge in [0.2, 0.25) is 0 Å². The lowest BCUT2D eigenvalue weighted by Crippen LogP contribution is -2.03. The summed E-state index contributed by atoms with van der Waals surface area (Å²) in [4.78, 5) is 6.40. The molecule has 2 aromatic carbocycles. The maximum absolute atomic E-state index is 12.7. The quantitative estimate of drug-likeness (QED) is 0.426. The van der Waals surface area contributed by atoms with Crippen molar-refractivity contribution in [3.05, 3.63) is 72.1 Å². The average Bonchev–Trinajstić information content (AvgIpc) is 3.15. The van der Waals surface area contributed by atoms with Gasteiger partial charge in [-0.2, -0.15) is 13.2 Å². The lowest BCUT2D eigenvalue weighted by atomic mass is 10.1. The van der Waals surface area contributed by atoms with E-state index in [0.717, 1.165) is 44.5 Å². The molecule has 126 valence electrons. The Kier molecular flexibility index (Phi) is 3.65. The summed E-state index contributed by atoms with van der Waals surface area (Å²) >= 11 is 1.48. The summed E-state index contributed by atoms with van der Waals surface area (Å²) in [6.07, 6.45) is -2.35. The molecule has 4 rings (SSSR count). The van der Waals surface area contributed by atoms with E-state index >= 15 is 0 Å². The van der Waals surface area contributed by atoms with Crippen LogP contribution in [-0.2, 0) is 6.18 Å². The fraction of sp³-hybridized carbons (Fsp3) is 0.105. The Labute approximate surface area is 146 Å². The molecule has 2 aromatic heterocycles. The zero-order chi connectivity index (χ0) is 17.6. The Morgan fingerprint density at radius 2 is 1.60 bits per heavy atom. The smallest absolute Gasteiger partial charge is 0.294 e. The molecule has 0 saturated carbocycles. The average molecular weight is 358 g/mol. The first kappa shape index (κ1) is 15.9. The van der Waals surface area contributed by atoms with Gasteiger partial charge in [-0.3, -0.25) is 4.40 Å². The molecule has 0 aliphatic rings. The van der Waals surface area contributed by atoms with Gasteiger partial charge in [0, 0.05) is 17.5 Å². The van der Waals surface area contributed by atoms with Crippen LogP contribution in [0.4, 0.5) is 13.2 Å². The van der Waals surface area contributed by atoms with Crippen molar-refractivity contribution >= 4 is 16.3 Å². The van der Waals surface area contributed by atoms with E-state index in [2.05, 4.69) is 4.98 Å². The van der Waals surface area contributed by atoms with E-state index in [1.54, 1.807) is 0 Å². The van der Waals surface area contributed by atoms with Crippen LogP contribution in [0.15, 0.2) is 60.8 Å². The summed E-state index contributed by atoms with van der Waals surface area (Å²) < 4.78 is 40.1. The minimum absolute atomic E-state index is 0.637. The lowest BCUT2D eigenvalue weighted by molar-refractivity contribution is -0.137. The predicted octanol–water partition coefficient (Wildman–Crippen LogP) is 6.06. The van der Waals surface area contributed by atoms with Crippen LogP contribution < -0.4 is 0 Å². The molecule has 0 spiro atoms. The molecule has 25 heavy (non-hydrogen) atoms. The number of nitrogens with zero attached hydrogens (tertiary/aromatic N) is 2. The van der Waals surface area contributed by atoms with Crippen molar-refractivity contribution in [2.45, 2.75) is 13.1 Å². The first-order chi connectivity index (χ1) is 11.9. The second-order valence-electron chi connectivity index (χ2n) is 5.74. The van der Waals surface area contributed by atoms with Crippen LogP contribution in [-0.4, -0.2) is 9.38 Å². The fourth-order valence-electron chi connectivity index (χ4n) is 2.78. The molecule has 0 amide bonds. The number of thiazole rings is 1. The van der Waals surface area contributed by atoms with E-state index in [0.29, 0.717) is 0 Å². The van der Waals surface area contributed by atoms with Crippen molar-refractivity contribution < 1.29 is 13.2 Å². The number of halogens is 3. The van der Waals surface area contributed by atoms with Crippen LogP contribution in [0.3, 0.4) is 0 Å². The largest absolute Gasteiger partial charge is 0.416 e. The Morgan fingerprint density at radius 3 is 2.20 bits per heavy atom. The third kappa shape index (κ3) is 2.82. The van der Waals surface area contributed by atoms with E-state index in [1.807, 2.05) is 47.9 Å². The third-order valence-electron chi connectivity index (χ3n) is 4.10. The first-order valence-corrected chi connectivity index (χ1v) is 8.47. The number of fused-ring (bicyclic) bond motifs is 1. The Morgan fingerprint density at radius 1 is 0.920 bits per heavy atom. The number of hydrogen-bond donors (Lipinski definition) is 0. The highest BCUT2D eigenvalue weighted by Crippen LogP contribution is 2.36. The normalized spacial score (nSPS) is 12.0. The molecule has 0 atom stereocenters. The van der Waals surface area contributed by atoms with E-state index in [1.165, 1.54) is 23.5 Å². The number of aromatic nitrogens is 2. The van der Waals surface area contributed by atoms with Gasteiger partial charge in [0.15, 0.2) is 4.96 Å². The number of imidazole rings is 1. The Bertz CT molecular complexity index is 1030. The monoisotopic (exact) mass is 358 g/mol. The molecule has 0 aliphatic heterocycles. The van der Waals surface area contributed by atoms with Crippen molar-refractivity contribution in [1.82, 2.24) is 9.38 Å². The molecule has 0 N–H and O–H groups in total. The summed E-state index contributed by atoms with van der Waals surface area (Å²) in [6.45, 7) is 1.95. The summed E-state index contributed by atoms with van der Waals surface area (Å²) in [5.41, 5.74) is 3.01. The topological polar surface area (TPSA) is 17.3 Å². The molecular formula is C19H13F3N2S. The van der Waals surface area contributed by atoms with Gasteiger partial charge in [-0.15, -0.1) is 0 Å². The number of benzene rings is 2. The van der Waals surface area contributed by atoms with Crippen LogP contribution in [0, 0.1) is 6.92 Å². The standard InChI is InChI=1S/C19H13F3N2S/c1-12-17(14-7-9-15(10-8-14)19(20,21)22)25-18-23-16(11-24(12)18)13-5-3-2-4-6-13/h2-11H,1H3. The first-order valence-electron chi connectivity index (χ1n) is 7.65. The number of alkyl halides is 3. The van der Waals surface area contributed by atoms with E-state index in [-0.39, 0.29) is 0 Å². The number of aryl methyl sites for hydroxylation is 1. The molecule has 0 saturated heterocycles. The third-order valence-corrected chi connectivity index (χ3v) is 5.31. The highest BCUT2D eigenvalue weighted by molar-refractivity contribution is 7.20. The molecule has 0 radical (unpaired) electrons. The van der Waals surface area contributed by atoms with Crippen LogP contribution in [0.1, 0.15) is 11.3 Å². The van der Waals surface area contributed by atoms with Crippen molar-refractivity contribution in [2.75, 3.05) is 0 Å². The van der Waals surface area contributed by atoms with Gasteiger partial charge in [0.25, 0.3) is 0 Å². The minimum Gasteiger partial charge on any atom is -0.294 e. The molecule has 6 heteroatoms. The maximum atomic E-state index is 12.7. The second kappa shape index (κ2) is 5.74. The zero-order valence-electron chi connectivity index (χ0n) is 13.2. The maximum Gasteiger partial charge on any atom is 0.416 e. The van der Waals surface area contributed by atoms with Crippen LogP contribution in [0.2, 0.25) is 0 Å². The highest BCUT2D eigenvalue weighted by Gasteiger charge is 2.30. The van der Waals surface area contributed by atoms with E-state index in [4.69, 9.17) is 0 Å². The lowest BCUT2D eigenvalue weighted by Gasteiger charge is -2.07. The minimum atomic E-state index is -4.32. The summed E-state index contributed by atoms with van der Waals surface area (Å²) in [6, 6.07) is 15.1. The Hall–Kier alpha value is -2.60. The molecule has 2 nitrogen and oxygen atoms in total. The van der Waals surface area contributed by atoms with E-state index < -0.39 is 11.7 Å². The molecule has 0 aliphatic carbocycles. The molecule has 2 heterocycles. The van der Waals surface area contributed by atoms with Crippen LogP contribution >= 0.6 is 11.3 Å². The molecule has 0 unspecified atom stereocenters. The van der Waals surface area contributed by atoms with Crippen molar-refractivity contribution in [1.29, 1.82) is 0 Å². The van der Waals surface area contributed by atoms with Crippen LogP contribution in [0.5, 0.6) is 0 Å².